The lowest BCUT2D eigenvalue weighted by atomic mass is 9.86. The molecule has 0 aliphatic carbocycles. The van der Waals surface area contributed by atoms with Gasteiger partial charge in [-0.05, 0) is 26.7 Å². The molecule has 2 N–H and O–H groups in total. The summed E-state index contributed by atoms with van der Waals surface area (Å²) < 4.78 is 5.16. The number of nitrogens with two attached hydrogens (primary N) is 1. The first kappa shape index (κ1) is 9.92. The molecule has 0 fully saturated rings. The summed E-state index contributed by atoms with van der Waals surface area (Å²) in [5.41, 5.74) is 5.73. The predicted molar refractivity (Wildman–Crippen MR) is 43.9 cm³/mol. The Balaban J connectivity index is 3.94. The van der Waals surface area contributed by atoms with Crippen LogP contribution in [0.5, 0.6) is 0 Å². The molecule has 0 rings (SSSR count). The molecule has 0 saturated carbocycles. The van der Waals surface area contributed by atoms with Crippen LogP contribution in [0, 0.1) is 5.92 Å². The minimum Gasteiger partial charge on any atom is -0.381 e. The number of rotatable bonds is 3. The molecule has 0 heterocycles. The summed E-state index contributed by atoms with van der Waals surface area (Å²) in [5, 5.41) is 0. The van der Waals surface area contributed by atoms with E-state index in [9.17, 15) is 0 Å². The van der Waals surface area contributed by atoms with Crippen LogP contribution in [0.1, 0.15) is 27.7 Å². The molecule has 10 heavy (non-hydrogen) atoms. The zero-order valence-corrected chi connectivity index (χ0v) is 7.64. The van der Waals surface area contributed by atoms with Gasteiger partial charge in [0.05, 0.1) is 6.10 Å². The van der Waals surface area contributed by atoms with Gasteiger partial charge in [0.2, 0.25) is 0 Å². The second-order valence-corrected chi connectivity index (χ2v) is 3.55. The molecule has 0 aromatic carbocycles. The molecule has 1 unspecified atom stereocenters. The molecule has 0 aliphatic heterocycles. The van der Waals surface area contributed by atoms with Gasteiger partial charge < -0.3 is 10.5 Å². The van der Waals surface area contributed by atoms with Gasteiger partial charge >= 0.3 is 0 Å². The molecule has 62 valence electrons. The Labute approximate surface area is 63.7 Å². The Morgan fingerprint density at radius 1 is 1.30 bits per heavy atom. The maximum Gasteiger partial charge on any atom is 0.0586 e. The van der Waals surface area contributed by atoms with Gasteiger partial charge in [-0.1, -0.05) is 6.92 Å². The lowest BCUT2D eigenvalue weighted by Crippen LogP contribution is -2.44. The molecule has 0 amide bonds. The highest BCUT2D eigenvalue weighted by molar-refractivity contribution is 4.82. The minimum absolute atomic E-state index is 0.143. The maximum atomic E-state index is 5.88. The first-order chi connectivity index (χ1) is 4.39. The van der Waals surface area contributed by atoms with Crippen molar-refractivity contribution in [3.8, 4) is 0 Å². The van der Waals surface area contributed by atoms with Crippen LogP contribution < -0.4 is 5.73 Å². The van der Waals surface area contributed by atoms with Gasteiger partial charge in [-0.2, -0.15) is 0 Å². The highest BCUT2D eigenvalue weighted by Gasteiger charge is 2.25. The first-order valence-electron chi connectivity index (χ1n) is 3.71. The van der Waals surface area contributed by atoms with E-state index in [1.54, 1.807) is 7.11 Å². The fraction of sp³-hybridized carbons (Fsp3) is 1.00. The first-order valence-corrected chi connectivity index (χ1v) is 3.71. The number of ether oxygens (including phenoxy) is 1. The molecule has 0 bridgehead atoms. The van der Waals surface area contributed by atoms with Crippen LogP contribution in [0.3, 0.4) is 0 Å². The van der Waals surface area contributed by atoms with Gasteiger partial charge in [0.1, 0.15) is 0 Å². The molecule has 0 aromatic heterocycles. The fourth-order valence-corrected chi connectivity index (χ4v) is 0.809. The van der Waals surface area contributed by atoms with E-state index in [4.69, 9.17) is 10.5 Å². The third kappa shape index (κ3) is 2.67. The molecule has 2 nitrogen and oxygen atoms in total. The van der Waals surface area contributed by atoms with E-state index in [1.165, 1.54) is 0 Å². The van der Waals surface area contributed by atoms with E-state index in [0.717, 1.165) is 0 Å². The lowest BCUT2D eigenvalue weighted by molar-refractivity contribution is 0.0472. The molecule has 0 radical (unpaired) electrons. The van der Waals surface area contributed by atoms with Crippen molar-refractivity contribution >= 4 is 0 Å². The highest BCUT2D eigenvalue weighted by atomic mass is 16.5. The van der Waals surface area contributed by atoms with Crippen molar-refractivity contribution in [2.24, 2.45) is 11.7 Å². The van der Waals surface area contributed by atoms with Crippen molar-refractivity contribution in [1.29, 1.82) is 0 Å². The Morgan fingerprint density at radius 2 is 1.70 bits per heavy atom. The van der Waals surface area contributed by atoms with Crippen LogP contribution >= 0.6 is 0 Å². The SMILES string of the molecule is COC(C)[C@H](C)C(C)(C)N. The summed E-state index contributed by atoms with van der Waals surface area (Å²) in [5.74, 6) is 0.387. The van der Waals surface area contributed by atoms with Crippen LogP contribution in [0.4, 0.5) is 0 Å². The van der Waals surface area contributed by atoms with E-state index in [1.807, 2.05) is 20.8 Å². The van der Waals surface area contributed by atoms with Crippen molar-refractivity contribution in [2.45, 2.75) is 39.3 Å². The Kier molecular flexibility index (Phi) is 3.33. The van der Waals surface area contributed by atoms with Crippen LogP contribution in [0.15, 0.2) is 0 Å². The second kappa shape index (κ2) is 3.35. The minimum atomic E-state index is -0.143. The van der Waals surface area contributed by atoms with Crippen LogP contribution in [0.25, 0.3) is 0 Å². The van der Waals surface area contributed by atoms with E-state index in [-0.39, 0.29) is 11.6 Å². The quantitative estimate of drug-likeness (QED) is 0.651. The van der Waals surface area contributed by atoms with Crippen molar-refractivity contribution in [3.05, 3.63) is 0 Å². The average molecular weight is 145 g/mol. The Morgan fingerprint density at radius 3 is 1.80 bits per heavy atom. The third-order valence-corrected chi connectivity index (χ3v) is 2.25. The third-order valence-electron chi connectivity index (χ3n) is 2.25. The normalized spacial score (nSPS) is 18.6. The van der Waals surface area contributed by atoms with E-state index >= 15 is 0 Å². The highest BCUT2D eigenvalue weighted by Crippen LogP contribution is 2.18. The summed E-state index contributed by atoms with van der Waals surface area (Å²) in [7, 11) is 1.72. The lowest BCUT2D eigenvalue weighted by Gasteiger charge is -2.31. The summed E-state index contributed by atoms with van der Waals surface area (Å²) in [4.78, 5) is 0. The van der Waals surface area contributed by atoms with Gasteiger partial charge in [0, 0.05) is 12.6 Å². The van der Waals surface area contributed by atoms with Gasteiger partial charge in [-0.3, -0.25) is 0 Å². The van der Waals surface area contributed by atoms with Crippen molar-refractivity contribution in [3.63, 3.8) is 0 Å². The molecular formula is C8H19NO. The van der Waals surface area contributed by atoms with Crippen molar-refractivity contribution in [1.82, 2.24) is 0 Å². The largest absolute Gasteiger partial charge is 0.381 e. The van der Waals surface area contributed by atoms with Gasteiger partial charge in [-0.25, -0.2) is 0 Å². The Bertz CT molecular complexity index is 95.9. The predicted octanol–water partition coefficient (Wildman–Crippen LogP) is 1.39. The number of methoxy groups -OCH3 is 1. The van der Waals surface area contributed by atoms with E-state index in [2.05, 4.69) is 6.92 Å². The topological polar surface area (TPSA) is 35.2 Å². The zero-order chi connectivity index (χ0) is 8.36. The smallest absolute Gasteiger partial charge is 0.0586 e. The number of hydrogen-bond donors (Lipinski definition) is 1. The second-order valence-electron chi connectivity index (χ2n) is 3.55. The average Bonchev–Trinajstić information content (AvgIpc) is 1.83. The van der Waals surface area contributed by atoms with Crippen LogP contribution in [-0.2, 0) is 4.74 Å². The molecule has 2 heteroatoms. The molecular weight excluding hydrogens is 126 g/mol. The molecule has 0 aromatic rings. The van der Waals surface area contributed by atoms with Crippen molar-refractivity contribution < 1.29 is 4.74 Å². The van der Waals surface area contributed by atoms with Crippen molar-refractivity contribution in [2.75, 3.05) is 7.11 Å². The monoisotopic (exact) mass is 145 g/mol. The zero-order valence-electron chi connectivity index (χ0n) is 7.64. The van der Waals surface area contributed by atoms with E-state index < -0.39 is 0 Å². The number of hydrogen-bond acceptors (Lipinski definition) is 2. The van der Waals surface area contributed by atoms with E-state index in [0.29, 0.717) is 5.92 Å². The maximum absolute atomic E-state index is 5.88. The Hall–Kier alpha value is -0.0800. The van der Waals surface area contributed by atoms with Gasteiger partial charge in [0.25, 0.3) is 0 Å². The van der Waals surface area contributed by atoms with Gasteiger partial charge in [0.15, 0.2) is 0 Å². The summed E-state index contributed by atoms with van der Waals surface area (Å²) in [6.07, 6.45) is 0.236. The van der Waals surface area contributed by atoms with Gasteiger partial charge in [-0.15, -0.1) is 0 Å². The fourth-order valence-electron chi connectivity index (χ4n) is 0.809. The summed E-state index contributed by atoms with van der Waals surface area (Å²) >= 11 is 0. The molecule has 0 aliphatic rings. The molecule has 2 atom stereocenters. The van der Waals surface area contributed by atoms with Crippen LogP contribution in [0.2, 0.25) is 0 Å². The standard InChI is InChI=1S/C8H19NO/c1-6(7(2)10-5)8(3,4)9/h6-7H,9H2,1-5H3/t6-,7?/m0/s1. The molecule has 0 saturated heterocycles. The summed E-state index contributed by atoms with van der Waals surface area (Å²) in [6, 6.07) is 0. The molecule has 0 spiro atoms. The van der Waals surface area contributed by atoms with Crippen LogP contribution in [-0.4, -0.2) is 18.8 Å². The summed E-state index contributed by atoms with van der Waals surface area (Å²) in [6.45, 7) is 8.19.